The number of hydrogen-bond donors (Lipinski definition) is 5. The first kappa shape index (κ1) is 25.6. The van der Waals surface area contributed by atoms with E-state index >= 15 is 0 Å². The van der Waals surface area contributed by atoms with E-state index in [9.17, 15) is 19.8 Å². The lowest BCUT2D eigenvalue weighted by atomic mass is 10.1. The lowest BCUT2D eigenvalue weighted by Crippen LogP contribution is -2.00. The van der Waals surface area contributed by atoms with Crippen molar-refractivity contribution in [2.45, 2.75) is 40.5 Å². The summed E-state index contributed by atoms with van der Waals surface area (Å²) in [5.74, 6) is -1.79. The number of carbonyl (C=O) groups is 2. The average molecular weight is 526 g/mol. The number of aromatic amines is 3. The molecule has 0 unspecified atom stereocenters. The van der Waals surface area contributed by atoms with Gasteiger partial charge in [-0.05, 0) is 67.6 Å². The molecule has 0 saturated heterocycles. The predicted octanol–water partition coefficient (Wildman–Crippen LogP) is 6.98. The predicted molar refractivity (Wildman–Crippen MR) is 147 cm³/mol. The first-order chi connectivity index (χ1) is 18.7. The smallest absolute Gasteiger partial charge is 0.312 e. The number of benzene rings is 2. The number of nitrogens with one attached hydrogen (secondary N) is 3. The lowest BCUT2D eigenvalue weighted by Gasteiger charge is -1.98. The molecule has 2 amide bonds. The van der Waals surface area contributed by atoms with Crippen LogP contribution in [0.2, 0.25) is 0 Å². The summed E-state index contributed by atoms with van der Waals surface area (Å²) in [7, 11) is 0. The zero-order valence-electron chi connectivity index (χ0n) is 21.9. The molecule has 39 heavy (non-hydrogen) atoms. The molecule has 5 aromatic rings. The molecule has 0 saturated carbocycles. The van der Waals surface area contributed by atoms with Gasteiger partial charge < -0.3 is 25.2 Å². The normalized spacial score (nSPS) is 12.0. The van der Waals surface area contributed by atoms with Gasteiger partial charge in [-0.15, -0.1) is 20.5 Å². The van der Waals surface area contributed by atoms with Crippen LogP contribution in [0.1, 0.15) is 57.1 Å². The number of H-pyrrole nitrogens is 3. The summed E-state index contributed by atoms with van der Waals surface area (Å²) >= 11 is 0. The molecule has 0 spiro atoms. The van der Waals surface area contributed by atoms with Crippen LogP contribution in [0.4, 0.5) is 11.4 Å². The van der Waals surface area contributed by atoms with E-state index in [-0.39, 0.29) is 34.4 Å². The molecule has 5 N–H and O–H groups in total. The highest BCUT2D eigenvalue weighted by atomic mass is 16.3. The molecule has 0 aliphatic heterocycles. The minimum Gasteiger partial charge on any atom is -0.493 e. The Bertz CT molecular complexity index is 1820. The average Bonchev–Trinajstić information content (AvgIpc) is 3.53. The van der Waals surface area contributed by atoms with Gasteiger partial charge in [-0.1, -0.05) is 26.0 Å². The van der Waals surface area contributed by atoms with Gasteiger partial charge in [0.05, 0.1) is 16.6 Å². The number of fused-ring (bicyclic) bond motifs is 2. The van der Waals surface area contributed by atoms with Crippen LogP contribution in [0.15, 0.2) is 56.9 Å². The number of carbonyl (C=O) groups excluding carboxylic acids is 2. The van der Waals surface area contributed by atoms with Crippen LogP contribution in [-0.2, 0) is 12.8 Å². The zero-order chi connectivity index (χ0) is 27.8. The van der Waals surface area contributed by atoms with Crippen molar-refractivity contribution in [1.82, 2.24) is 15.0 Å². The summed E-state index contributed by atoms with van der Waals surface area (Å²) < 4.78 is 0. The minimum absolute atomic E-state index is 0.0749. The molecule has 0 fully saturated rings. The molecule has 11 nitrogen and oxygen atoms in total. The Morgan fingerprint density at radius 2 is 1.23 bits per heavy atom. The second-order valence-electron chi connectivity index (χ2n) is 9.25. The number of aryl methyl sites for hydroxylation is 3. The summed E-state index contributed by atoms with van der Waals surface area (Å²) in [5, 5.41) is 37.6. The van der Waals surface area contributed by atoms with Crippen molar-refractivity contribution in [3.05, 3.63) is 70.0 Å². The summed E-state index contributed by atoms with van der Waals surface area (Å²) in [6.45, 7) is 7.26. The number of amides is 2. The molecule has 3 aromatic heterocycles. The van der Waals surface area contributed by atoms with Crippen molar-refractivity contribution in [2.75, 3.05) is 0 Å². The third kappa shape index (κ3) is 4.58. The van der Waals surface area contributed by atoms with E-state index in [2.05, 4.69) is 35.4 Å². The first-order valence-electron chi connectivity index (χ1n) is 12.5. The van der Waals surface area contributed by atoms with Gasteiger partial charge in [0.1, 0.15) is 5.69 Å². The second-order valence-corrected chi connectivity index (χ2v) is 9.25. The topological polar surface area (TPSA) is 171 Å². The zero-order valence-corrected chi connectivity index (χ0v) is 21.9. The number of aromatic nitrogens is 3. The molecular formula is C28H27N7O4. The molecule has 0 radical (unpaired) electrons. The third-order valence-corrected chi connectivity index (χ3v) is 6.80. The Balaban J connectivity index is 1.42. The fourth-order valence-corrected chi connectivity index (χ4v) is 4.64. The molecule has 0 aliphatic rings. The van der Waals surface area contributed by atoms with E-state index in [0.29, 0.717) is 33.1 Å². The van der Waals surface area contributed by atoms with Gasteiger partial charge in [0.2, 0.25) is 11.8 Å². The Labute approximate surface area is 222 Å². The van der Waals surface area contributed by atoms with Gasteiger partial charge in [0.25, 0.3) is 5.91 Å². The van der Waals surface area contributed by atoms with Crippen LogP contribution in [0.5, 0.6) is 11.8 Å². The standard InChI is InChI=1S/C28H27N7O4/c1-5-15-7-9-19-17(11-15)23(26(37)30-19)32-34-25(36)21-13(3)22(29-14(21)4)28(39)35-33-24-18-12-16(6-2)8-10-20(18)31-27(24)38/h7-12,29-31,37-38H,5-6H2,1-4H3. The highest BCUT2D eigenvalue weighted by Gasteiger charge is 2.23. The van der Waals surface area contributed by atoms with Crippen molar-refractivity contribution in [1.29, 1.82) is 0 Å². The van der Waals surface area contributed by atoms with E-state index in [1.54, 1.807) is 13.8 Å². The quantitative estimate of drug-likeness (QED) is 0.151. The molecule has 198 valence electrons. The van der Waals surface area contributed by atoms with Crippen molar-refractivity contribution >= 4 is 45.0 Å². The van der Waals surface area contributed by atoms with Gasteiger partial charge in [-0.25, -0.2) is 0 Å². The molecule has 0 aliphatic carbocycles. The Morgan fingerprint density at radius 3 is 1.72 bits per heavy atom. The maximum Gasteiger partial charge on any atom is 0.312 e. The van der Waals surface area contributed by atoms with Crippen LogP contribution in [0, 0.1) is 13.8 Å². The number of azo groups is 2. The maximum absolute atomic E-state index is 13.0. The molecule has 5 rings (SSSR count). The lowest BCUT2D eigenvalue weighted by molar-refractivity contribution is 0.0988. The highest BCUT2D eigenvalue weighted by molar-refractivity contribution is 6.03. The largest absolute Gasteiger partial charge is 0.493 e. The Hall–Kier alpha value is -5.06. The summed E-state index contributed by atoms with van der Waals surface area (Å²) in [5.41, 5.74) is 4.75. The van der Waals surface area contributed by atoms with E-state index in [1.165, 1.54) is 0 Å². The van der Waals surface area contributed by atoms with E-state index < -0.39 is 11.8 Å². The monoisotopic (exact) mass is 525 g/mol. The van der Waals surface area contributed by atoms with E-state index in [1.807, 2.05) is 50.2 Å². The van der Waals surface area contributed by atoms with E-state index in [0.717, 1.165) is 24.0 Å². The van der Waals surface area contributed by atoms with Crippen LogP contribution < -0.4 is 0 Å². The van der Waals surface area contributed by atoms with Gasteiger partial charge in [0.15, 0.2) is 11.4 Å². The Kier molecular flexibility index (Phi) is 6.57. The third-order valence-electron chi connectivity index (χ3n) is 6.80. The van der Waals surface area contributed by atoms with Crippen molar-refractivity contribution in [2.24, 2.45) is 20.5 Å². The summed E-state index contributed by atoms with van der Waals surface area (Å²) in [6, 6.07) is 11.3. The first-order valence-corrected chi connectivity index (χ1v) is 12.5. The number of aromatic hydroxyl groups is 2. The molecule has 0 bridgehead atoms. The number of nitrogens with zero attached hydrogens (tertiary/aromatic N) is 4. The fraction of sp³-hybridized carbons (Fsp3) is 0.214. The molecule has 0 atom stereocenters. The summed E-state index contributed by atoms with van der Waals surface area (Å²) in [6.07, 6.45) is 1.60. The SMILES string of the molecule is CCc1ccc2[nH]c(O)c(N=NC(=O)c3[nH]c(C)c(C(=O)N=Nc4c(O)[nH]c5ccc(CC)cc45)c3C)c2c1. The van der Waals surface area contributed by atoms with Crippen LogP contribution >= 0.6 is 0 Å². The molecule has 11 heteroatoms. The van der Waals surface area contributed by atoms with Crippen LogP contribution in [0.3, 0.4) is 0 Å². The summed E-state index contributed by atoms with van der Waals surface area (Å²) in [4.78, 5) is 34.5. The second kappa shape index (κ2) is 10.0. The van der Waals surface area contributed by atoms with Crippen LogP contribution in [0.25, 0.3) is 21.8 Å². The Morgan fingerprint density at radius 1 is 0.744 bits per heavy atom. The van der Waals surface area contributed by atoms with Gasteiger partial charge in [-0.3, -0.25) is 9.59 Å². The molecule has 3 heterocycles. The molecule has 2 aromatic carbocycles. The number of hydrogen-bond acceptors (Lipinski definition) is 6. The van der Waals surface area contributed by atoms with Gasteiger partial charge >= 0.3 is 5.91 Å². The fourth-order valence-electron chi connectivity index (χ4n) is 4.64. The minimum atomic E-state index is -0.714. The maximum atomic E-state index is 13.0. The van der Waals surface area contributed by atoms with Crippen molar-refractivity contribution in [3.8, 4) is 11.8 Å². The van der Waals surface area contributed by atoms with Crippen LogP contribution in [-0.4, -0.2) is 37.0 Å². The van der Waals surface area contributed by atoms with Crippen molar-refractivity contribution in [3.63, 3.8) is 0 Å². The van der Waals surface area contributed by atoms with E-state index in [4.69, 9.17) is 0 Å². The number of rotatable bonds is 6. The highest BCUT2D eigenvalue weighted by Crippen LogP contribution is 2.37. The van der Waals surface area contributed by atoms with Gasteiger partial charge in [-0.2, -0.15) is 0 Å². The molecular weight excluding hydrogens is 498 g/mol. The van der Waals surface area contributed by atoms with Gasteiger partial charge in [0, 0.05) is 16.5 Å². The van der Waals surface area contributed by atoms with Crippen molar-refractivity contribution < 1.29 is 19.8 Å².